The molecule has 21 heavy (non-hydrogen) atoms. The van der Waals surface area contributed by atoms with E-state index in [2.05, 4.69) is 4.90 Å². The quantitative estimate of drug-likeness (QED) is 0.640. The molecular weight excluding hydrogens is 349 g/mol. The van der Waals surface area contributed by atoms with E-state index >= 15 is 0 Å². The second kappa shape index (κ2) is 7.61. The molecule has 2 nitrogen and oxygen atoms in total. The Labute approximate surface area is 143 Å². The molecule has 0 bridgehead atoms. The van der Waals surface area contributed by atoms with Crippen LogP contribution in [0.1, 0.15) is 21.7 Å². The molecule has 0 saturated carbocycles. The van der Waals surface area contributed by atoms with Crippen LogP contribution < -0.4 is 0 Å². The minimum Gasteiger partial charge on any atom is -0.301 e. The van der Waals surface area contributed by atoms with E-state index in [1.54, 1.807) is 29.5 Å². The maximum Gasteiger partial charge on any atom is 0.165 e. The van der Waals surface area contributed by atoms with Gasteiger partial charge in [-0.2, -0.15) is 0 Å². The summed E-state index contributed by atoms with van der Waals surface area (Å²) in [5.74, 6) is -0.00133. The summed E-state index contributed by atoms with van der Waals surface area (Å²) in [4.78, 5) is 15.4. The first kappa shape index (κ1) is 16.8. The predicted octanol–water partition coefficient (Wildman–Crippen LogP) is 5.41. The summed E-state index contributed by atoms with van der Waals surface area (Å²) < 4.78 is 0.778. The number of Topliss-reactive ketones (excluding diaryl/α,β-unsaturated/α-hetero) is 1. The molecular formula is C15H14Cl3NOS. The molecule has 0 amide bonds. The number of ketones is 1. The molecule has 0 aliphatic rings. The molecule has 112 valence electrons. The van der Waals surface area contributed by atoms with E-state index in [9.17, 15) is 4.79 Å². The summed E-state index contributed by atoms with van der Waals surface area (Å²) in [7, 11) is 1.97. The largest absolute Gasteiger partial charge is 0.301 e. The SMILES string of the molecule is CN(CCC(=O)c1cccc(Cl)c1Cl)Cc1ccc(Cl)s1. The van der Waals surface area contributed by atoms with Crippen molar-refractivity contribution >= 4 is 51.9 Å². The Bertz CT molecular complexity index is 642. The average Bonchev–Trinajstić information content (AvgIpc) is 2.84. The van der Waals surface area contributed by atoms with Crippen molar-refractivity contribution in [2.45, 2.75) is 13.0 Å². The molecule has 0 fully saturated rings. The lowest BCUT2D eigenvalue weighted by Crippen LogP contribution is -2.21. The number of hydrogen-bond donors (Lipinski definition) is 0. The van der Waals surface area contributed by atoms with Crippen LogP contribution in [-0.4, -0.2) is 24.3 Å². The minimum absolute atomic E-state index is 0.00133. The normalized spacial score (nSPS) is 11.1. The standard InChI is InChI=1S/C15H14Cl3NOS/c1-19(9-10-5-6-14(17)21-10)8-7-13(20)11-3-2-4-12(16)15(11)18/h2-6H,7-9H2,1H3. The predicted molar refractivity (Wildman–Crippen MR) is 91.1 cm³/mol. The lowest BCUT2D eigenvalue weighted by atomic mass is 10.1. The molecule has 1 aromatic heterocycles. The van der Waals surface area contributed by atoms with Crippen molar-refractivity contribution in [3.05, 3.63) is 55.2 Å². The summed E-state index contributed by atoms with van der Waals surface area (Å²) in [5, 5.41) is 0.737. The fraction of sp³-hybridized carbons (Fsp3) is 0.267. The molecule has 1 aromatic carbocycles. The van der Waals surface area contributed by atoms with Crippen molar-refractivity contribution in [3.8, 4) is 0 Å². The molecule has 0 N–H and O–H groups in total. The van der Waals surface area contributed by atoms with Crippen molar-refractivity contribution in [2.75, 3.05) is 13.6 Å². The maximum atomic E-state index is 12.2. The Hall–Kier alpha value is -0.580. The minimum atomic E-state index is -0.00133. The van der Waals surface area contributed by atoms with Crippen LogP contribution in [0.2, 0.25) is 14.4 Å². The smallest absolute Gasteiger partial charge is 0.165 e. The van der Waals surface area contributed by atoms with Gasteiger partial charge in [0.1, 0.15) is 0 Å². The number of halogens is 3. The molecule has 0 spiro atoms. The third-order valence-corrected chi connectivity index (χ3v) is 5.06. The Kier molecular flexibility index (Phi) is 6.08. The molecule has 0 radical (unpaired) electrons. The summed E-state index contributed by atoms with van der Waals surface area (Å²) >= 11 is 19.4. The first-order valence-electron chi connectivity index (χ1n) is 6.37. The van der Waals surface area contributed by atoms with Gasteiger partial charge in [-0.05, 0) is 31.3 Å². The van der Waals surface area contributed by atoms with Gasteiger partial charge < -0.3 is 4.90 Å². The number of thiophene rings is 1. The van der Waals surface area contributed by atoms with Crippen molar-refractivity contribution in [1.82, 2.24) is 4.90 Å². The van der Waals surface area contributed by atoms with Gasteiger partial charge in [0.05, 0.1) is 14.4 Å². The highest BCUT2D eigenvalue weighted by Gasteiger charge is 2.13. The van der Waals surface area contributed by atoms with E-state index in [0.717, 1.165) is 10.9 Å². The highest BCUT2D eigenvalue weighted by molar-refractivity contribution is 7.16. The zero-order valence-electron chi connectivity index (χ0n) is 11.4. The fourth-order valence-electron chi connectivity index (χ4n) is 1.93. The van der Waals surface area contributed by atoms with Gasteiger partial charge >= 0.3 is 0 Å². The monoisotopic (exact) mass is 361 g/mol. The van der Waals surface area contributed by atoms with E-state index in [-0.39, 0.29) is 5.78 Å². The van der Waals surface area contributed by atoms with Crippen LogP contribution in [0.5, 0.6) is 0 Å². The van der Waals surface area contributed by atoms with Gasteiger partial charge in [-0.1, -0.05) is 40.9 Å². The Balaban J connectivity index is 1.90. The van der Waals surface area contributed by atoms with Crippen LogP contribution in [0.25, 0.3) is 0 Å². The van der Waals surface area contributed by atoms with Crippen LogP contribution in [0, 0.1) is 0 Å². The number of carbonyl (C=O) groups excluding carboxylic acids is 1. The molecule has 0 aliphatic heterocycles. The summed E-state index contributed by atoms with van der Waals surface area (Å²) in [6.45, 7) is 1.42. The van der Waals surface area contributed by atoms with Crippen molar-refractivity contribution in [3.63, 3.8) is 0 Å². The van der Waals surface area contributed by atoms with Crippen LogP contribution in [-0.2, 0) is 6.54 Å². The summed E-state index contributed by atoms with van der Waals surface area (Å²) in [6, 6.07) is 8.99. The van der Waals surface area contributed by atoms with E-state index in [1.807, 2.05) is 19.2 Å². The number of nitrogens with zero attached hydrogens (tertiary/aromatic N) is 1. The van der Waals surface area contributed by atoms with E-state index < -0.39 is 0 Å². The highest BCUT2D eigenvalue weighted by Crippen LogP contribution is 2.26. The molecule has 0 unspecified atom stereocenters. The number of rotatable bonds is 6. The van der Waals surface area contributed by atoms with Gasteiger partial charge in [-0.15, -0.1) is 11.3 Å². The average molecular weight is 363 g/mol. The van der Waals surface area contributed by atoms with Crippen molar-refractivity contribution < 1.29 is 4.79 Å². The van der Waals surface area contributed by atoms with E-state index in [4.69, 9.17) is 34.8 Å². The van der Waals surface area contributed by atoms with E-state index in [1.165, 1.54) is 4.88 Å². The topological polar surface area (TPSA) is 20.3 Å². The molecule has 2 rings (SSSR count). The number of carbonyl (C=O) groups is 1. The maximum absolute atomic E-state index is 12.2. The van der Waals surface area contributed by atoms with Gasteiger partial charge in [0.15, 0.2) is 5.78 Å². The van der Waals surface area contributed by atoms with Gasteiger partial charge in [0.25, 0.3) is 0 Å². The Morgan fingerprint density at radius 3 is 2.62 bits per heavy atom. The summed E-state index contributed by atoms with van der Waals surface area (Å²) in [6.07, 6.45) is 0.398. The zero-order chi connectivity index (χ0) is 15.4. The number of hydrogen-bond acceptors (Lipinski definition) is 3. The molecule has 0 aliphatic carbocycles. The fourth-order valence-corrected chi connectivity index (χ4v) is 3.50. The zero-order valence-corrected chi connectivity index (χ0v) is 14.5. The molecule has 0 saturated heterocycles. The first-order valence-corrected chi connectivity index (χ1v) is 8.32. The third kappa shape index (κ3) is 4.70. The van der Waals surface area contributed by atoms with Gasteiger partial charge in [0.2, 0.25) is 0 Å². The highest BCUT2D eigenvalue weighted by atomic mass is 35.5. The molecule has 6 heteroatoms. The second-order valence-corrected chi connectivity index (χ2v) is 7.30. The lowest BCUT2D eigenvalue weighted by Gasteiger charge is -2.15. The molecule has 1 heterocycles. The molecule has 2 aromatic rings. The van der Waals surface area contributed by atoms with Crippen LogP contribution in [0.15, 0.2) is 30.3 Å². The van der Waals surface area contributed by atoms with Crippen LogP contribution in [0.3, 0.4) is 0 Å². The van der Waals surface area contributed by atoms with Crippen molar-refractivity contribution in [1.29, 1.82) is 0 Å². The lowest BCUT2D eigenvalue weighted by molar-refractivity contribution is 0.0968. The van der Waals surface area contributed by atoms with Crippen molar-refractivity contribution in [2.24, 2.45) is 0 Å². The molecule has 0 atom stereocenters. The Morgan fingerprint density at radius 1 is 1.19 bits per heavy atom. The van der Waals surface area contributed by atoms with Crippen LogP contribution >= 0.6 is 46.1 Å². The number of benzene rings is 1. The Morgan fingerprint density at radius 2 is 1.95 bits per heavy atom. The van der Waals surface area contributed by atoms with E-state index in [0.29, 0.717) is 28.6 Å². The third-order valence-electron chi connectivity index (χ3n) is 3.03. The summed E-state index contributed by atoms with van der Waals surface area (Å²) in [5.41, 5.74) is 0.483. The second-order valence-electron chi connectivity index (χ2n) is 4.72. The van der Waals surface area contributed by atoms with Gasteiger partial charge in [-0.3, -0.25) is 4.79 Å². The first-order chi connectivity index (χ1) is 9.97. The van der Waals surface area contributed by atoms with Gasteiger partial charge in [0, 0.05) is 30.0 Å². The van der Waals surface area contributed by atoms with Crippen LogP contribution in [0.4, 0.5) is 0 Å². The van der Waals surface area contributed by atoms with Gasteiger partial charge in [-0.25, -0.2) is 0 Å².